The highest BCUT2D eigenvalue weighted by molar-refractivity contribution is 5.69. The zero-order valence-corrected chi connectivity index (χ0v) is 8.68. The maximum absolute atomic E-state index is 5.61. The molecule has 15 heavy (non-hydrogen) atoms. The lowest BCUT2D eigenvalue weighted by molar-refractivity contribution is 0.735. The average molecular weight is 207 g/mol. The highest BCUT2D eigenvalue weighted by Gasteiger charge is 2.05. The molecule has 0 fully saturated rings. The average Bonchev–Trinajstić information content (AvgIpc) is 2.57. The van der Waals surface area contributed by atoms with Gasteiger partial charge in [0.15, 0.2) is 0 Å². The number of anilines is 1. The number of hydrogen-bond donors (Lipinski definition) is 2. The van der Waals surface area contributed by atoms with E-state index in [1.807, 2.05) is 6.92 Å². The molecule has 0 spiro atoms. The van der Waals surface area contributed by atoms with E-state index in [1.54, 1.807) is 17.9 Å². The summed E-state index contributed by atoms with van der Waals surface area (Å²) >= 11 is 0. The molecule has 0 aliphatic rings. The van der Waals surface area contributed by atoms with Gasteiger partial charge in [-0.05, 0) is 6.92 Å². The highest BCUT2D eigenvalue weighted by atomic mass is 15.4. The lowest BCUT2D eigenvalue weighted by atomic mass is 10.4. The van der Waals surface area contributed by atoms with Crippen LogP contribution in [-0.4, -0.2) is 37.5 Å². The van der Waals surface area contributed by atoms with E-state index in [4.69, 9.17) is 5.73 Å². The number of nitrogens with two attached hydrogens (primary N) is 1. The van der Waals surface area contributed by atoms with E-state index in [9.17, 15) is 0 Å². The molecule has 0 saturated carbocycles. The summed E-state index contributed by atoms with van der Waals surface area (Å²) in [5, 5.41) is 10.8. The number of hydrogen-bond acceptors (Lipinski definition) is 6. The van der Waals surface area contributed by atoms with Gasteiger partial charge >= 0.3 is 0 Å². The van der Waals surface area contributed by atoms with Crippen molar-refractivity contribution in [3.63, 3.8) is 0 Å². The second kappa shape index (κ2) is 3.77. The second-order valence-electron chi connectivity index (χ2n) is 3.47. The minimum atomic E-state index is 0.0613. The number of rotatable bonds is 3. The van der Waals surface area contributed by atoms with Gasteiger partial charge in [0, 0.05) is 19.6 Å². The van der Waals surface area contributed by atoms with Gasteiger partial charge in [0.05, 0.1) is 6.20 Å². The summed E-state index contributed by atoms with van der Waals surface area (Å²) in [6, 6.07) is 0.0613. The first kappa shape index (κ1) is 9.78. The van der Waals surface area contributed by atoms with Crippen LogP contribution in [0.4, 0.5) is 5.95 Å². The van der Waals surface area contributed by atoms with Gasteiger partial charge in [-0.15, -0.1) is 5.10 Å². The van der Waals surface area contributed by atoms with Crippen LogP contribution in [-0.2, 0) is 7.05 Å². The Bertz CT molecular complexity index is 461. The van der Waals surface area contributed by atoms with Crippen LogP contribution in [0.25, 0.3) is 11.2 Å². The van der Waals surface area contributed by atoms with Crippen molar-refractivity contribution in [2.75, 3.05) is 11.9 Å². The molecule has 0 bridgehead atoms. The topological polar surface area (TPSA) is 94.5 Å². The molecular formula is C8H13N7. The number of aromatic nitrogens is 5. The largest absolute Gasteiger partial charge is 0.353 e. The fourth-order valence-electron chi connectivity index (χ4n) is 1.16. The first-order valence-corrected chi connectivity index (χ1v) is 4.68. The molecular weight excluding hydrogens is 194 g/mol. The Morgan fingerprint density at radius 1 is 1.60 bits per heavy atom. The zero-order chi connectivity index (χ0) is 10.8. The quantitative estimate of drug-likeness (QED) is 0.705. The predicted molar refractivity (Wildman–Crippen MR) is 56.2 cm³/mol. The highest BCUT2D eigenvalue weighted by Crippen LogP contribution is 2.07. The Morgan fingerprint density at radius 3 is 3.13 bits per heavy atom. The third-order valence-corrected chi connectivity index (χ3v) is 1.95. The smallest absolute Gasteiger partial charge is 0.224 e. The van der Waals surface area contributed by atoms with Crippen molar-refractivity contribution in [2.45, 2.75) is 13.0 Å². The molecule has 1 atom stereocenters. The lowest BCUT2D eigenvalue weighted by Gasteiger charge is -2.06. The van der Waals surface area contributed by atoms with Crippen LogP contribution in [0.2, 0.25) is 0 Å². The maximum Gasteiger partial charge on any atom is 0.224 e. The summed E-state index contributed by atoms with van der Waals surface area (Å²) in [5.41, 5.74) is 7.00. The number of fused-ring (bicyclic) bond motifs is 1. The summed E-state index contributed by atoms with van der Waals surface area (Å²) in [4.78, 5) is 8.33. The zero-order valence-electron chi connectivity index (χ0n) is 8.68. The van der Waals surface area contributed by atoms with Crippen LogP contribution in [0, 0.1) is 0 Å². The molecule has 2 heterocycles. The van der Waals surface area contributed by atoms with Gasteiger partial charge < -0.3 is 11.1 Å². The Morgan fingerprint density at radius 2 is 2.40 bits per heavy atom. The van der Waals surface area contributed by atoms with Crippen LogP contribution < -0.4 is 11.1 Å². The first-order valence-electron chi connectivity index (χ1n) is 4.68. The number of nitrogens with one attached hydrogen (secondary N) is 1. The molecule has 0 aliphatic carbocycles. The molecule has 2 rings (SSSR count). The summed E-state index contributed by atoms with van der Waals surface area (Å²) < 4.78 is 1.63. The molecule has 2 aromatic heterocycles. The Kier molecular flexibility index (Phi) is 2.46. The fraction of sp³-hybridized carbons (Fsp3) is 0.500. The van der Waals surface area contributed by atoms with Crippen molar-refractivity contribution in [3.8, 4) is 0 Å². The molecule has 7 heteroatoms. The van der Waals surface area contributed by atoms with E-state index in [2.05, 4.69) is 25.6 Å². The molecule has 3 N–H and O–H groups in total. The van der Waals surface area contributed by atoms with Gasteiger partial charge in [0.2, 0.25) is 11.6 Å². The van der Waals surface area contributed by atoms with Crippen LogP contribution in [0.15, 0.2) is 6.20 Å². The van der Waals surface area contributed by atoms with Gasteiger partial charge in [-0.2, -0.15) is 4.98 Å². The summed E-state index contributed by atoms with van der Waals surface area (Å²) in [6.07, 6.45) is 1.69. The summed E-state index contributed by atoms with van der Waals surface area (Å²) in [5.74, 6) is 0.528. The normalized spacial score (nSPS) is 13.0. The van der Waals surface area contributed by atoms with Crippen molar-refractivity contribution in [2.24, 2.45) is 12.8 Å². The summed E-state index contributed by atoms with van der Waals surface area (Å²) in [7, 11) is 1.80. The molecule has 2 aromatic rings. The lowest BCUT2D eigenvalue weighted by Crippen LogP contribution is -2.25. The van der Waals surface area contributed by atoms with Gasteiger partial charge in [-0.1, -0.05) is 5.21 Å². The molecule has 0 amide bonds. The van der Waals surface area contributed by atoms with E-state index in [-0.39, 0.29) is 6.04 Å². The van der Waals surface area contributed by atoms with Gasteiger partial charge in [0.25, 0.3) is 0 Å². The molecule has 0 aromatic carbocycles. The van der Waals surface area contributed by atoms with E-state index >= 15 is 0 Å². The van der Waals surface area contributed by atoms with E-state index in [0.29, 0.717) is 18.1 Å². The van der Waals surface area contributed by atoms with E-state index < -0.39 is 0 Å². The van der Waals surface area contributed by atoms with Crippen LogP contribution in [0.5, 0.6) is 0 Å². The molecule has 0 saturated heterocycles. The van der Waals surface area contributed by atoms with E-state index in [0.717, 1.165) is 5.52 Å². The minimum absolute atomic E-state index is 0.0613. The SMILES string of the molecule is CC(N)CNc1ncc2c(nnn2C)n1. The van der Waals surface area contributed by atoms with Crippen molar-refractivity contribution < 1.29 is 0 Å². The molecule has 0 aliphatic heterocycles. The third-order valence-electron chi connectivity index (χ3n) is 1.95. The monoisotopic (exact) mass is 207 g/mol. The third kappa shape index (κ3) is 2.01. The Hall–Kier alpha value is -1.76. The number of aryl methyl sites for hydroxylation is 1. The molecule has 80 valence electrons. The standard InChI is InChI=1S/C8H13N7/c1-5(9)3-10-8-11-4-6-7(12-8)13-14-15(6)2/h4-5H,3,9H2,1-2H3,(H,10,11,12). The van der Waals surface area contributed by atoms with Crippen molar-refractivity contribution in [1.82, 2.24) is 25.0 Å². The molecule has 0 radical (unpaired) electrons. The Balaban J connectivity index is 2.23. The van der Waals surface area contributed by atoms with Crippen LogP contribution in [0.3, 0.4) is 0 Å². The summed E-state index contributed by atoms with van der Waals surface area (Å²) in [6.45, 7) is 2.54. The fourth-order valence-corrected chi connectivity index (χ4v) is 1.16. The van der Waals surface area contributed by atoms with Crippen molar-refractivity contribution >= 4 is 17.1 Å². The van der Waals surface area contributed by atoms with E-state index in [1.165, 1.54) is 0 Å². The van der Waals surface area contributed by atoms with Crippen molar-refractivity contribution in [1.29, 1.82) is 0 Å². The minimum Gasteiger partial charge on any atom is -0.353 e. The Labute approximate surface area is 86.7 Å². The number of nitrogens with zero attached hydrogens (tertiary/aromatic N) is 5. The van der Waals surface area contributed by atoms with Gasteiger partial charge in [0.1, 0.15) is 5.52 Å². The first-order chi connectivity index (χ1) is 7.16. The maximum atomic E-state index is 5.61. The predicted octanol–water partition coefficient (Wildman–Crippen LogP) is -0.483. The van der Waals surface area contributed by atoms with Crippen molar-refractivity contribution in [3.05, 3.63) is 6.20 Å². The molecule has 7 nitrogen and oxygen atoms in total. The molecule has 1 unspecified atom stereocenters. The second-order valence-corrected chi connectivity index (χ2v) is 3.47. The van der Waals surface area contributed by atoms with Gasteiger partial charge in [-0.3, -0.25) is 0 Å². The van der Waals surface area contributed by atoms with Crippen LogP contribution >= 0.6 is 0 Å². The van der Waals surface area contributed by atoms with Gasteiger partial charge in [-0.25, -0.2) is 9.67 Å². The van der Waals surface area contributed by atoms with Crippen LogP contribution in [0.1, 0.15) is 6.92 Å².